The molecule has 1 aromatic heterocycles. The van der Waals surface area contributed by atoms with Crippen molar-refractivity contribution in [1.29, 1.82) is 0 Å². The summed E-state index contributed by atoms with van der Waals surface area (Å²) in [6, 6.07) is 7.99. The molecule has 6 heteroatoms. The Morgan fingerprint density at radius 2 is 2.30 bits per heavy atom. The van der Waals surface area contributed by atoms with E-state index >= 15 is 0 Å². The number of nitrogens with one attached hydrogen (secondary N) is 1. The summed E-state index contributed by atoms with van der Waals surface area (Å²) in [4.78, 5) is 18.3. The van der Waals surface area contributed by atoms with E-state index in [0.717, 1.165) is 24.3 Å². The molecule has 1 saturated heterocycles. The molecule has 1 N–H and O–H groups in total. The van der Waals surface area contributed by atoms with Gasteiger partial charge in [0.25, 0.3) is 0 Å². The first-order valence-corrected chi connectivity index (χ1v) is 8.76. The lowest BCUT2D eigenvalue weighted by atomic mass is 10.1. The van der Waals surface area contributed by atoms with Gasteiger partial charge in [-0.15, -0.1) is 11.3 Å². The van der Waals surface area contributed by atoms with Crippen molar-refractivity contribution in [2.45, 2.75) is 32.8 Å². The number of amides is 2. The lowest BCUT2D eigenvalue weighted by molar-refractivity contribution is 0.194. The van der Waals surface area contributed by atoms with Crippen LogP contribution in [0.1, 0.15) is 24.6 Å². The number of anilines is 1. The molecular formula is C17H21N3O2S. The van der Waals surface area contributed by atoms with Crippen LogP contribution >= 0.6 is 11.3 Å². The molecule has 2 amide bonds. The van der Waals surface area contributed by atoms with E-state index in [2.05, 4.69) is 23.3 Å². The van der Waals surface area contributed by atoms with Crippen molar-refractivity contribution in [2.75, 3.05) is 18.4 Å². The highest BCUT2D eigenvalue weighted by Gasteiger charge is 2.28. The predicted molar refractivity (Wildman–Crippen MR) is 92.3 cm³/mol. The van der Waals surface area contributed by atoms with Gasteiger partial charge in [0.05, 0.1) is 12.2 Å². The molecule has 0 radical (unpaired) electrons. The van der Waals surface area contributed by atoms with Crippen LogP contribution in [0.2, 0.25) is 0 Å². The summed E-state index contributed by atoms with van der Waals surface area (Å²) in [6.07, 6.45) is 1.84. The summed E-state index contributed by atoms with van der Waals surface area (Å²) in [5.74, 6) is 0.929. The first kappa shape index (κ1) is 15.8. The van der Waals surface area contributed by atoms with Gasteiger partial charge in [-0.25, -0.2) is 9.78 Å². The van der Waals surface area contributed by atoms with Crippen molar-refractivity contribution in [1.82, 2.24) is 9.88 Å². The maximum atomic E-state index is 12.3. The minimum Gasteiger partial charge on any atom is -0.488 e. The second-order valence-corrected chi connectivity index (χ2v) is 6.52. The molecule has 1 fully saturated rings. The average Bonchev–Trinajstić information content (AvgIpc) is 3.17. The average molecular weight is 331 g/mol. The summed E-state index contributed by atoms with van der Waals surface area (Å²) in [7, 11) is 0. The van der Waals surface area contributed by atoms with Gasteiger partial charge in [0, 0.05) is 18.3 Å². The first-order valence-electron chi connectivity index (χ1n) is 7.88. The molecule has 1 aromatic carbocycles. The van der Waals surface area contributed by atoms with Gasteiger partial charge >= 0.3 is 6.03 Å². The summed E-state index contributed by atoms with van der Waals surface area (Å²) in [5, 5.41) is 5.42. The number of ether oxygens (including phenoxy) is 1. The molecule has 2 heterocycles. The Hall–Kier alpha value is -2.08. The van der Waals surface area contributed by atoms with E-state index in [0.29, 0.717) is 18.2 Å². The lowest BCUT2D eigenvalue weighted by Crippen LogP contribution is -2.34. The molecule has 0 spiro atoms. The van der Waals surface area contributed by atoms with Crippen LogP contribution in [0.15, 0.2) is 29.6 Å². The van der Waals surface area contributed by atoms with Gasteiger partial charge in [0.15, 0.2) is 5.13 Å². The monoisotopic (exact) mass is 331 g/mol. The number of carbonyl (C=O) groups is 1. The van der Waals surface area contributed by atoms with E-state index in [9.17, 15) is 4.79 Å². The summed E-state index contributed by atoms with van der Waals surface area (Å²) >= 11 is 1.44. The topological polar surface area (TPSA) is 54.5 Å². The van der Waals surface area contributed by atoms with Gasteiger partial charge in [-0.2, -0.15) is 0 Å². The molecule has 23 heavy (non-hydrogen) atoms. The standard InChI is InChI=1S/C17H21N3O2S/c1-3-13-6-4-5-7-15(13)22-14-8-9-20(10-14)17(21)19-16-18-12(2)11-23-16/h4-7,11,14H,3,8-10H2,1-2H3,(H,18,19,21)/t14-/m0/s1. The zero-order valence-electron chi connectivity index (χ0n) is 13.4. The Balaban J connectivity index is 1.56. The summed E-state index contributed by atoms with van der Waals surface area (Å²) in [5.41, 5.74) is 2.12. The highest BCUT2D eigenvalue weighted by Crippen LogP contribution is 2.23. The van der Waals surface area contributed by atoms with Crippen LogP contribution in [0, 0.1) is 6.92 Å². The molecule has 1 atom stereocenters. The van der Waals surface area contributed by atoms with E-state index in [4.69, 9.17) is 4.74 Å². The lowest BCUT2D eigenvalue weighted by Gasteiger charge is -2.18. The number of likely N-dealkylation sites (tertiary alicyclic amines) is 1. The minimum atomic E-state index is -0.103. The fourth-order valence-electron chi connectivity index (χ4n) is 2.68. The fraction of sp³-hybridized carbons (Fsp3) is 0.412. The van der Waals surface area contributed by atoms with Gasteiger partial charge < -0.3 is 9.64 Å². The Bertz CT molecular complexity index is 686. The van der Waals surface area contributed by atoms with Gasteiger partial charge in [0.1, 0.15) is 11.9 Å². The molecule has 0 saturated carbocycles. The third kappa shape index (κ3) is 3.82. The van der Waals surface area contributed by atoms with Crippen LogP contribution in [0.25, 0.3) is 0 Å². The summed E-state index contributed by atoms with van der Waals surface area (Å²) in [6.45, 7) is 5.34. The molecule has 0 bridgehead atoms. The zero-order valence-corrected chi connectivity index (χ0v) is 14.2. The molecule has 3 rings (SSSR count). The summed E-state index contributed by atoms with van der Waals surface area (Å²) < 4.78 is 6.10. The van der Waals surface area contributed by atoms with E-state index in [1.807, 2.05) is 30.5 Å². The highest BCUT2D eigenvalue weighted by molar-refractivity contribution is 7.13. The van der Waals surface area contributed by atoms with Crippen molar-refractivity contribution in [3.05, 3.63) is 40.9 Å². The van der Waals surface area contributed by atoms with Gasteiger partial charge in [0.2, 0.25) is 0 Å². The van der Waals surface area contributed by atoms with Crippen LogP contribution in [0.3, 0.4) is 0 Å². The van der Waals surface area contributed by atoms with Crippen LogP contribution in [0.4, 0.5) is 9.93 Å². The number of aryl methyl sites for hydroxylation is 2. The van der Waals surface area contributed by atoms with E-state index in [1.165, 1.54) is 16.9 Å². The number of urea groups is 1. The predicted octanol–water partition coefficient (Wildman–Crippen LogP) is 3.70. The Kier molecular flexibility index (Phi) is 4.81. The second kappa shape index (κ2) is 7.00. The minimum absolute atomic E-state index is 0.0477. The van der Waals surface area contributed by atoms with E-state index in [-0.39, 0.29) is 12.1 Å². The molecule has 0 unspecified atom stereocenters. The third-order valence-corrected chi connectivity index (χ3v) is 4.79. The zero-order chi connectivity index (χ0) is 16.2. The van der Waals surface area contributed by atoms with E-state index in [1.54, 1.807) is 4.90 Å². The molecule has 5 nitrogen and oxygen atoms in total. The quantitative estimate of drug-likeness (QED) is 0.929. The number of nitrogens with zero attached hydrogens (tertiary/aromatic N) is 2. The van der Waals surface area contributed by atoms with Gasteiger partial charge in [-0.3, -0.25) is 5.32 Å². The maximum absolute atomic E-state index is 12.3. The van der Waals surface area contributed by atoms with Crippen molar-refractivity contribution in [3.63, 3.8) is 0 Å². The number of para-hydroxylation sites is 1. The number of rotatable bonds is 4. The molecule has 122 valence electrons. The fourth-order valence-corrected chi connectivity index (χ4v) is 3.36. The third-order valence-electron chi connectivity index (χ3n) is 3.91. The number of hydrogen-bond donors (Lipinski definition) is 1. The number of thiazole rings is 1. The van der Waals surface area contributed by atoms with Crippen molar-refractivity contribution >= 4 is 22.5 Å². The Morgan fingerprint density at radius 3 is 3.04 bits per heavy atom. The van der Waals surface area contributed by atoms with Crippen molar-refractivity contribution in [3.8, 4) is 5.75 Å². The van der Waals surface area contributed by atoms with E-state index < -0.39 is 0 Å². The van der Waals surface area contributed by atoms with Gasteiger partial charge in [-0.05, 0) is 25.0 Å². The number of benzene rings is 1. The van der Waals surface area contributed by atoms with Crippen LogP contribution < -0.4 is 10.1 Å². The van der Waals surface area contributed by atoms with Crippen LogP contribution in [-0.4, -0.2) is 35.1 Å². The molecule has 1 aliphatic heterocycles. The Morgan fingerprint density at radius 1 is 1.48 bits per heavy atom. The normalized spacial score (nSPS) is 17.3. The highest BCUT2D eigenvalue weighted by atomic mass is 32.1. The Labute approximate surface area is 140 Å². The number of carbonyl (C=O) groups excluding carboxylic acids is 1. The smallest absolute Gasteiger partial charge is 0.323 e. The SMILES string of the molecule is CCc1ccccc1O[C@H]1CCN(C(=O)Nc2nc(C)cs2)C1. The number of aromatic nitrogens is 1. The maximum Gasteiger partial charge on any atom is 0.323 e. The molecule has 1 aliphatic rings. The first-order chi connectivity index (χ1) is 11.2. The molecular weight excluding hydrogens is 310 g/mol. The van der Waals surface area contributed by atoms with Crippen LogP contribution in [-0.2, 0) is 6.42 Å². The molecule has 2 aromatic rings. The van der Waals surface area contributed by atoms with Crippen LogP contribution in [0.5, 0.6) is 5.75 Å². The number of hydrogen-bond acceptors (Lipinski definition) is 4. The molecule has 0 aliphatic carbocycles. The van der Waals surface area contributed by atoms with Crippen molar-refractivity contribution < 1.29 is 9.53 Å². The second-order valence-electron chi connectivity index (χ2n) is 5.66. The van der Waals surface area contributed by atoms with Crippen molar-refractivity contribution in [2.24, 2.45) is 0 Å². The largest absolute Gasteiger partial charge is 0.488 e. The van der Waals surface area contributed by atoms with Gasteiger partial charge in [-0.1, -0.05) is 25.1 Å².